The van der Waals surface area contributed by atoms with Crippen LogP contribution in [0, 0.1) is 5.92 Å². The van der Waals surface area contributed by atoms with E-state index < -0.39 is 10.0 Å². The van der Waals surface area contributed by atoms with Crippen molar-refractivity contribution in [3.63, 3.8) is 0 Å². The quantitative estimate of drug-likeness (QED) is 0.232. The summed E-state index contributed by atoms with van der Waals surface area (Å²) in [6.07, 6.45) is 7.47. The van der Waals surface area contributed by atoms with E-state index in [1.807, 2.05) is 0 Å². The van der Waals surface area contributed by atoms with Crippen LogP contribution in [-0.4, -0.2) is 58.3 Å². The number of hydrogen-bond acceptors (Lipinski definition) is 4. The molecule has 9 heteroatoms. The van der Waals surface area contributed by atoms with E-state index in [1.165, 1.54) is 49.9 Å². The fourth-order valence-corrected chi connectivity index (χ4v) is 4.87. The molecule has 0 spiro atoms. The molecule has 3 rings (SSSR count). The molecule has 176 valence electrons. The number of aliphatic imine (C=N–C) groups is 1. The summed E-state index contributed by atoms with van der Waals surface area (Å²) in [4.78, 5) is 6.71. The summed E-state index contributed by atoms with van der Waals surface area (Å²) in [5.74, 6) is 1.18. The molecule has 0 unspecified atom stereocenters. The van der Waals surface area contributed by atoms with Gasteiger partial charge in [-0.2, -0.15) is 0 Å². The Kier molecular flexibility index (Phi) is 11.6. The smallest absolute Gasteiger partial charge is 0.213 e. The van der Waals surface area contributed by atoms with Crippen LogP contribution in [0.4, 0.5) is 0 Å². The minimum atomic E-state index is -3.24. The van der Waals surface area contributed by atoms with Crippen molar-refractivity contribution < 1.29 is 8.42 Å². The molecule has 1 aliphatic carbocycles. The third kappa shape index (κ3) is 9.63. The minimum Gasteiger partial charge on any atom is -0.355 e. The number of piperidine rings is 1. The molecule has 31 heavy (non-hydrogen) atoms. The minimum absolute atomic E-state index is 0. The maximum absolute atomic E-state index is 12.1. The molecule has 0 bridgehead atoms. The monoisotopic (exact) mass is 563 g/mol. The molecule has 0 amide bonds. The topological polar surface area (TPSA) is 85.8 Å². The van der Waals surface area contributed by atoms with E-state index in [-0.39, 0.29) is 29.7 Å². The first-order valence-corrected chi connectivity index (χ1v) is 12.9. The molecule has 1 heterocycles. The van der Waals surface area contributed by atoms with Gasteiger partial charge < -0.3 is 10.6 Å². The SMILES string of the molecule is CN=C(NCCS(=O)(=O)NCC1CCC1)NCc1ccc(CN2CCCCC2)cc1.I. The molecule has 7 nitrogen and oxygen atoms in total. The Bertz CT molecular complexity index is 776. The van der Waals surface area contributed by atoms with Crippen molar-refractivity contribution in [2.45, 2.75) is 51.6 Å². The number of nitrogens with zero attached hydrogens (tertiary/aromatic N) is 2. The predicted octanol–water partition coefficient (Wildman–Crippen LogP) is 2.68. The van der Waals surface area contributed by atoms with E-state index >= 15 is 0 Å². The number of guanidine groups is 1. The maximum atomic E-state index is 12.1. The van der Waals surface area contributed by atoms with Crippen LogP contribution in [0.1, 0.15) is 49.7 Å². The number of hydrogen-bond donors (Lipinski definition) is 3. The van der Waals surface area contributed by atoms with Crippen LogP contribution in [-0.2, 0) is 23.1 Å². The average molecular weight is 564 g/mol. The molecule has 0 aromatic heterocycles. The lowest BCUT2D eigenvalue weighted by atomic mass is 9.86. The second-order valence-electron chi connectivity index (χ2n) is 8.47. The van der Waals surface area contributed by atoms with Crippen LogP contribution in [0.5, 0.6) is 0 Å². The van der Waals surface area contributed by atoms with Gasteiger partial charge >= 0.3 is 0 Å². The van der Waals surface area contributed by atoms with E-state index in [0.717, 1.165) is 19.4 Å². The van der Waals surface area contributed by atoms with E-state index in [4.69, 9.17) is 0 Å². The predicted molar refractivity (Wildman–Crippen MR) is 138 cm³/mol. The van der Waals surface area contributed by atoms with Gasteiger partial charge in [-0.25, -0.2) is 13.1 Å². The fraction of sp³-hybridized carbons (Fsp3) is 0.682. The zero-order valence-electron chi connectivity index (χ0n) is 18.6. The van der Waals surface area contributed by atoms with Crippen molar-refractivity contribution in [1.29, 1.82) is 0 Å². The van der Waals surface area contributed by atoms with Gasteiger partial charge in [0.05, 0.1) is 5.75 Å². The Hall–Kier alpha value is -0.910. The number of sulfonamides is 1. The van der Waals surface area contributed by atoms with Crippen LogP contribution in [0.15, 0.2) is 29.3 Å². The van der Waals surface area contributed by atoms with Gasteiger partial charge in [-0.05, 0) is 55.8 Å². The number of nitrogens with one attached hydrogen (secondary N) is 3. The largest absolute Gasteiger partial charge is 0.355 e. The van der Waals surface area contributed by atoms with Crippen LogP contribution < -0.4 is 15.4 Å². The Morgan fingerprint density at radius 2 is 1.71 bits per heavy atom. The van der Waals surface area contributed by atoms with Crippen LogP contribution in [0.2, 0.25) is 0 Å². The highest BCUT2D eigenvalue weighted by molar-refractivity contribution is 14.0. The highest BCUT2D eigenvalue weighted by Crippen LogP contribution is 2.25. The van der Waals surface area contributed by atoms with E-state index in [0.29, 0.717) is 31.5 Å². The average Bonchev–Trinajstić information content (AvgIpc) is 2.71. The van der Waals surface area contributed by atoms with E-state index in [1.54, 1.807) is 7.05 Å². The molecule has 1 aromatic rings. The molecule has 1 saturated carbocycles. The molecule has 1 aliphatic heterocycles. The third-order valence-corrected chi connectivity index (χ3v) is 7.39. The second kappa shape index (κ2) is 13.6. The molecule has 0 radical (unpaired) electrons. The second-order valence-corrected chi connectivity index (χ2v) is 10.4. The summed E-state index contributed by atoms with van der Waals surface area (Å²) in [6.45, 7) is 4.99. The highest BCUT2D eigenvalue weighted by atomic mass is 127. The molecule has 2 aliphatic rings. The number of halogens is 1. The summed E-state index contributed by atoms with van der Waals surface area (Å²) >= 11 is 0. The van der Waals surface area contributed by atoms with E-state index in [9.17, 15) is 8.42 Å². The lowest BCUT2D eigenvalue weighted by molar-refractivity contribution is 0.221. The molecule has 1 saturated heterocycles. The van der Waals surface area contributed by atoms with Crippen molar-refractivity contribution in [1.82, 2.24) is 20.3 Å². The molecule has 3 N–H and O–H groups in total. The Morgan fingerprint density at radius 3 is 2.32 bits per heavy atom. The standard InChI is InChI=1S/C22H37N5O2S.HI/c1-23-22(24-12-15-30(28,29)26-17-19-6-5-7-19)25-16-20-8-10-21(11-9-20)18-27-13-3-2-4-14-27;/h8-11,19,26H,2-7,12-18H2,1H3,(H2,23,24,25);1H. The summed E-state index contributed by atoms with van der Waals surface area (Å²) < 4.78 is 26.9. The van der Waals surface area contributed by atoms with Gasteiger partial charge in [0.1, 0.15) is 0 Å². The first-order valence-electron chi connectivity index (χ1n) is 11.3. The maximum Gasteiger partial charge on any atom is 0.213 e. The summed E-state index contributed by atoms with van der Waals surface area (Å²) in [6, 6.07) is 8.69. The normalized spacial score (nSPS) is 18.2. The lowest BCUT2D eigenvalue weighted by Gasteiger charge is -2.26. The van der Waals surface area contributed by atoms with Crippen molar-refractivity contribution in [3.05, 3.63) is 35.4 Å². The first kappa shape index (κ1) is 26.3. The zero-order valence-corrected chi connectivity index (χ0v) is 21.8. The fourth-order valence-electron chi connectivity index (χ4n) is 3.86. The number of likely N-dealkylation sites (tertiary alicyclic amines) is 1. The van der Waals surface area contributed by atoms with Gasteiger partial charge in [0.2, 0.25) is 10.0 Å². The first-order chi connectivity index (χ1) is 14.5. The van der Waals surface area contributed by atoms with Crippen molar-refractivity contribution >= 4 is 40.0 Å². The van der Waals surface area contributed by atoms with Gasteiger partial charge in [0.15, 0.2) is 5.96 Å². The van der Waals surface area contributed by atoms with Crippen molar-refractivity contribution in [3.8, 4) is 0 Å². The molecule has 2 fully saturated rings. The summed E-state index contributed by atoms with van der Waals surface area (Å²) in [7, 11) is -1.55. The Morgan fingerprint density at radius 1 is 1.03 bits per heavy atom. The van der Waals surface area contributed by atoms with Crippen molar-refractivity contribution in [2.24, 2.45) is 10.9 Å². The van der Waals surface area contributed by atoms with E-state index in [2.05, 4.69) is 49.5 Å². The zero-order chi connectivity index (χ0) is 21.2. The number of benzene rings is 1. The van der Waals surface area contributed by atoms with Gasteiger partial charge in [0, 0.05) is 33.2 Å². The third-order valence-electron chi connectivity index (χ3n) is 6.04. The highest BCUT2D eigenvalue weighted by Gasteiger charge is 2.20. The van der Waals surface area contributed by atoms with Gasteiger partial charge in [-0.15, -0.1) is 24.0 Å². The molecular formula is C22H38IN5O2S. The van der Waals surface area contributed by atoms with Crippen LogP contribution in [0.3, 0.4) is 0 Å². The molecule has 0 atom stereocenters. The Labute approximate surface area is 204 Å². The van der Waals surface area contributed by atoms with Crippen LogP contribution in [0.25, 0.3) is 0 Å². The number of rotatable bonds is 10. The van der Waals surface area contributed by atoms with Gasteiger partial charge in [-0.3, -0.25) is 9.89 Å². The molecular weight excluding hydrogens is 525 g/mol. The summed E-state index contributed by atoms with van der Waals surface area (Å²) in [5, 5.41) is 6.34. The molecule has 1 aromatic carbocycles. The summed E-state index contributed by atoms with van der Waals surface area (Å²) in [5.41, 5.74) is 2.53. The van der Waals surface area contributed by atoms with Crippen LogP contribution >= 0.6 is 24.0 Å². The Balaban J connectivity index is 0.00000341. The van der Waals surface area contributed by atoms with Gasteiger partial charge in [-0.1, -0.05) is 37.1 Å². The van der Waals surface area contributed by atoms with Crippen molar-refractivity contribution in [2.75, 3.05) is 39.0 Å². The lowest BCUT2D eigenvalue weighted by Crippen LogP contribution is -2.41. The van der Waals surface area contributed by atoms with Gasteiger partial charge in [0.25, 0.3) is 0 Å².